The number of amides is 2. The van der Waals surface area contributed by atoms with Gasteiger partial charge in [-0.1, -0.05) is 24.3 Å². The molecule has 2 N–H and O–H groups in total. The summed E-state index contributed by atoms with van der Waals surface area (Å²) in [7, 11) is -7.00. The number of urea groups is 1. The monoisotopic (exact) mass is 480 g/mol. The molecule has 9 nitrogen and oxygen atoms in total. The van der Waals surface area contributed by atoms with Crippen LogP contribution in [0.3, 0.4) is 0 Å². The number of nitrogens with zero attached hydrogens (tertiary/aromatic N) is 2. The molecule has 2 amide bonds. The number of hydrogen-bond donors (Lipinski definition) is 2. The summed E-state index contributed by atoms with van der Waals surface area (Å²) in [5.41, 5.74) is 2.74. The van der Waals surface area contributed by atoms with E-state index in [9.17, 15) is 21.6 Å². The Morgan fingerprint density at radius 2 is 1.66 bits per heavy atom. The van der Waals surface area contributed by atoms with Crippen LogP contribution < -0.4 is 10.0 Å². The van der Waals surface area contributed by atoms with E-state index in [4.69, 9.17) is 0 Å². The highest BCUT2D eigenvalue weighted by molar-refractivity contribution is 7.92. The summed E-state index contributed by atoms with van der Waals surface area (Å²) in [4.78, 5) is 14.4. The fourth-order valence-corrected chi connectivity index (χ4v) is 5.79. The van der Waals surface area contributed by atoms with Crippen LogP contribution in [0.15, 0.2) is 47.4 Å². The van der Waals surface area contributed by atoms with Gasteiger partial charge in [0.15, 0.2) is 0 Å². The Morgan fingerprint density at radius 1 is 0.969 bits per heavy atom. The number of carbonyl (C=O) groups excluding carboxylic acids is 1. The second-order valence-corrected chi connectivity index (χ2v) is 11.5. The zero-order valence-corrected chi connectivity index (χ0v) is 20.0. The number of hydrogen-bond acceptors (Lipinski definition) is 5. The van der Waals surface area contributed by atoms with Gasteiger partial charge in [-0.2, -0.15) is 4.31 Å². The van der Waals surface area contributed by atoms with Gasteiger partial charge in [0.2, 0.25) is 20.0 Å². The van der Waals surface area contributed by atoms with Gasteiger partial charge in [-0.05, 0) is 48.7 Å². The van der Waals surface area contributed by atoms with Gasteiger partial charge in [0, 0.05) is 38.4 Å². The molecule has 0 aromatic heterocycles. The van der Waals surface area contributed by atoms with E-state index in [-0.39, 0.29) is 38.8 Å². The molecule has 174 valence electrons. The minimum Gasteiger partial charge on any atom is -0.334 e. The van der Waals surface area contributed by atoms with Crippen molar-refractivity contribution in [1.82, 2.24) is 14.5 Å². The van der Waals surface area contributed by atoms with Gasteiger partial charge in [0.25, 0.3) is 0 Å². The minimum atomic E-state index is -3.62. The third-order valence-corrected chi connectivity index (χ3v) is 7.81. The summed E-state index contributed by atoms with van der Waals surface area (Å²) >= 11 is 0. The van der Waals surface area contributed by atoms with Crippen LogP contribution in [0, 0.1) is 13.8 Å². The van der Waals surface area contributed by atoms with E-state index in [2.05, 4.69) is 10.0 Å². The number of aryl methyl sites for hydroxylation is 2. The third-order valence-electron chi connectivity index (χ3n) is 5.16. The van der Waals surface area contributed by atoms with Gasteiger partial charge in [0.05, 0.1) is 11.2 Å². The Kier molecular flexibility index (Phi) is 7.11. The fourth-order valence-electron chi connectivity index (χ4n) is 3.50. The second kappa shape index (κ2) is 9.47. The molecule has 2 aromatic carbocycles. The van der Waals surface area contributed by atoms with Crippen molar-refractivity contribution in [2.75, 3.05) is 37.2 Å². The Morgan fingerprint density at radius 3 is 2.31 bits per heavy atom. The summed E-state index contributed by atoms with van der Waals surface area (Å²) in [5.74, 6) is 0. The molecule has 1 aliphatic rings. The van der Waals surface area contributed by atoms with Crippen molar-refractivity contribution in [3.8, 4) is 0 Å². The van der Waals surface area contributed by atoms with E-state index in [1.165, 1.54) is 4.31 Å². The summed E-state index contributed by atoms with van der Waals surface area (Å²) in [5, 5.41) is 2.80. The topological polar surface area (TPSA) is 116 Å². The summed E-state index contributed by atoms with van der Waals surface area (Å²) in [6.45, 7) is 4.86. The molecule has 0 bridgehead atoms. The van der Waals surface area contributed by atoms with Gasteiger partial charge in [0.1, 0.15) is 0 Å². The van der Waals surface area contributed by atoms with Crippen LogP contribution >= 0.6 is 0 Å². The van der Waals surface area contributed by atoms with E-state index in [1.54, 1.807) is 48.2 Å². The molecule has 1 aliphatic heterocycles. The first-order chi connectivity index (χ1) is 15.0. The lowest BCUT2D eigenvalue weighted by molar-refractivity contribution is 0.172. The zero-order chi connectivity index (χ0) is 23.5. The van der Waals surface area contributed by atoms with Gasteiger partial charge in [-0.15, -0.1) is 0 Å². The molecule has 1 fully saturated rings. The first-order valence-corrected chi connectivity index (χ1v) is 13.5. The molecular weight excluding hydrogens is 452 g/mol. The molecule has 1 saturated heterocycles. The zero-order valence-electron chi connectivity index (χ0n) is 18.3. The lowest BCUT2D eigenvalue weighted by Crippen LogP contribution is -2.53. The van der Waals surface area contributed by atoms with Crippen molar-refractivity contribution in [3.05, 3.63) is 59.2 Å². The first kappa shape index (κ1) is 24.0. The van der Waals surface area contributed by atoms with Crippen molar-refractivity contribution < 1.29 is 21.6 Å². The van der Waals surface area contributed by atoms with E-state index in [1.807, 2.05) is 13.0 Å². The molecule has 2 aromatic rings. The van der Waals surface area contributed by atoms with Gasteiger partial charge < -0.3 is 10.2 Å². The number of rotatable bonds is 6. The normalized spacial score (nSPS) is 15.4. The maximum Gasteiger partial charge on any atom is 0.317 e. The number of nitrogens with one attached hydrogen (secondary N) is 2. The van der Waals surface area contributed by atoms with Gasteiger partial charge in [-0.3, -0.25) is 4.72 Å². The highest BCUT2D eigenvalue weighted by atomic mass is 32.2. The summed E-state index contributed by atoms with van der Waals surface area (Å²) in [6, 6.07) is 11.8. The molecule has 0 atom stereocenters. The van der Waals surface area contributed by atoms with E-state index in [0.29, 0.717) is 16.1 Å². The van der Waals surface area contributed by atoms with Crippen molar-refractivity contribution in [2.24, 2.45) is 0 Å². The quantitative estimate of drug-likeness (QED) is 0.655. The van der Waals surface area contributed by atoms with Crippen LogP contribution in [0.5, 0.6) is 0 Å². The summed E-state index contributed by atoms with van der Waals surface area (Å²) in [6.07, 6.45) is 1.07. The van der Waals surface area contributed by atoms with Crippen molar-refractivity contribution in [1.29, 1.82) is 0 Å². The first-order valence-electron chi connectivity index (χ1n) is 10.1. The fraction of sp³-hybridized carbons (Fsp3) is 0.381. The average molecular weight is 481 g/mol. The number of piperazine rings is 1. The highest BCUT2D eigenvalue weighted by Gasteiger charge is 2.31. The average Bonchev–Trinajstić information content (AvgIpc) is 2.73. The van der Waals surface area contributed by atoms with Crippen molar-refractivity contribution in [2.45, 2.75) is 25.3 Å². The van der Waals surface area contributed by atoms with E-state index >= 15 is 0 Å². The smallest absolute Gasteiger partial charge is 0.317 e. The molecule has 11 heteroatoms. The highest BCUT2D eigenvalue weighted by Crippen LogP contribution is 2.22. The Hall–Kier alpha value is -2.63. The van der Waals surface area contributed by atoms with Gasteiger partial charge in [-0.25, -0.2) is 21.6 Å². The lowest BCUT2D eigenvalue weighted by Gasteiger charge is -2.34. The molecular formula is C21H28N4O5S2. The molecule has 32 heavy (non-hydrogen) atoms. The lowest BCUT2D eigenvalue weighted by atomic mass is 10.2. The molecule has 1 heterocycles. The van der Waals surface area contributed by atoms with Crippen LogP contribution in [-0.2, 0) is 26.6 Å². The van der Waals surface area contributed by atoms with E-state index in [0.717, 1.165) is 17.4 Å². The number of anilines is 1. The second-order valence-electron chi connectivity index (χ2n) is 7.89. The number of benzene rings is 2. The molecule has 0 aliphatic carbocycles. The molecule has 3 rings (SSSR count). The summed E-state index contributed by atoms with van der Waals surface area (Å²) < 4.78 is 52.6. The largest absolute Gasteiger partial charge is 0.334 e. The third kappa shape index (κ3) is 5.99. The molecule has 0 spiro atoms. The Bertz CT molecular complexity index is 1200. The van der Waals surface area contributed by atoms with Crippen LogP contribution in [-0.4, -0.2) is 64.5 Å². The van der Waals surface area contributed by atoms with Gasteiger partial charge >= 0.3 is 6.03 Å². The maximum absolute atomic E-state index is 13.0. The molecule has 0 saturated carbocycles. The molecule has 0 unspecified atom stereocenters. The Labute approximate surface area is 189 Å². The van der Waals surface area contributed by atoms with Crippen molar-refractivity contribution in [3.63, 3.8) is 0 Å². The standard InChI is InChI=1S/C21H28N4O5S2/c1-16-7-8-17(2)20(13-16)32(29,30)25-11-9-24(10-12-25)21(26)22-15-18-5-4-6-19(14-18)23-31(3,27)28/h4-8,13-14,23H,9-12,15H2,1-3H3,(H,22,26). The van der Waals surface area contributed by atoms with Crippen LogP contribution in [0.2, 0.25) is 0 Å². The van der Waals surface area contributed by atoms with E-state index < -0.39 is 20.0 Å². The van der Waals surface area contributed by atoms with Crippen LogP contribution in [0.1, 0.15) is 16.7 Å². The SMILES string of the molecule is Cc1ccc(C)c(S(=O)(=O)N2CCN(C(=O)NCc3cccc(NS(C)(=O)=O)c3)CC2)c1. The molecule has 0 radical (unpaired) electrons. The Balaban J connectivity index is 1.57. The predicted molar refractivity (Wildman–Crippen MR) is 123 cm³/mol. The minimum absolute atomic E-state index is 0.219. The predicted octanol–water partition coefficient (Wildman–Crippen LogP) is 1.89. The van der Waals surface area contributed by atoms with Crippen LogP contribution in [0.4, 0.5) is 10.5 Å². The number of sulfonamides is 2. The number of carbonyl (C=O) groups is 1. The maximum atomic E-state index is 13.0. The van der Waals surface area contributed by atoms with Crippen LogP contribution in [0.25, 0.3) is 0 Å². The van der Waals surface area contributed by atoms with Crippen molar-refractivity contribution >= 4 is 31.8 Å².